The largest absolute Gasteiger partial charge is 0.481 e. The molecule has 0 amide bonds. The van der Waals surface area contributed by atoms with Crippen LogP contribution in [0, 0.1) is 11.3 Å². The van der Waals surface area contributed by atoms with Crippen LogP contribution in [0.2, 0.25) is 0 Å². The molecule has 1 aromatic carbocycles. The van der Waals surface area contributed by atoms with Crippen molar-refractivity contribution in [1.82, 2.24) is 4.90 Å². The van der Waals surface area contributed by atoms with E-state index in [0.29, 0.717) is 17.9 Å². The highest BCUT2D eigenvalue weighted by Gasteiger charge is 2.31. The molecule has 0 unspecified atom stereocenters. The fraction of sp³-hybridized carbons (Fsp3) is 0.696. The highest BCUT2D eigenvalue weighted by molar-refractivity contribution is 5.66. The molecule has 1 N–H and O–H groups in total. The van der Waals surface area contributed by atoms with Crippen molar-refractivity contribution >= 4 is 11.7 Å². The maximum absolute atomic E-state index is 10.8. The first-order chi connectivity index (χ1) is 12.8. The number of aliphatic carboxylic acids is 1. The monoisotopic (exact) mass is 372 g/mol. The van der Waals surface area contributed by atoms with Gasteiger partial charge in [0.1, 0.15) is 0 Å². The van der Waals surface area contributed by atoms with Crippen molar-refractivity contribution in [3.8, 4) is 0 Å². The van der Waals surface area contributed by atoms with Crippen LogP contribution in [-0.2, 0) is 4.79 Å². The minimum Gasteiger partial charge on any atom is -0.481 e. The summed E-state index contributed by atoms with van der Waals surface area (Å²) in [5, 5.41) is 8.89. The molecule has 2 fully saturated rings. The number of anilines is 1. The Hall–Kier alpha value is -1.55. The molecule has 0 atom stereocenters. The minimum absolute atomic E-state index is 0.244. The van der Waals surface area contributed by atoms with E-state index in [2.05, 4.69) is 54.8 Å². The summed E-state index contributed by atoms with van der Waals surface area (Å²) in [7, 11) is 0. The summed E-state index contributed by atoms with van der Waals surface area (Å²) in [4.78, 5) is 15.6. The third kappa shape index (κ3) is 5.25. The maximum atomic E-state index is 10.8. The second kappa shape index (κ2) is 8.64. The Balaban J connectivity index is 1.61. The van der Waals surface area contributed by atoms with Gasteiger partial charge in [0.2, 0.25) is 0 Å². The molecular formula is C23H36N2O2. The molecule has 3 rings (SSSR count). The van der Waals surface area contributed by atoms with Gasteiger partial charge < -0.3 is 10.0 Å². The summed E-state index contributed by atoms with van der Waals surface area (Å²) in [6.07, 6.45) is 5.53. The molecule has 2 aliphatic rings. The van der Waals surface area contributed by atoms with Crippen LogP contribution in [-0.4, -0.2) is 48.7 Å². The Kier molecular flexibility index (Phi) is 6.46. The predicted molar refractivity (Wildman–Crippen MR) is 112 cm³/mol. The van der Waals surface area contributed by atoms with Gasteiger partial charge in [-0.15, -0.1) is 0 Å². The molecule has 0 bridgehead atoms. The number of para-hydroxylation sites is 1. The zero-order chi connectivity index (χ0) is 19.4. The van der Waals surface area contributed by atoms with Crippen molar-refractivity contribution in [2.75, 3.05) is 37.6 Å². The Morgan fingerprint density at radius 1 is 1.04 bits per heavy atom. The Morgan fingerprint density at radius 2 is 1.67 bits per heavy atom. The molecule has 4 heteroatoms. The average Bonchev–Trinajstić information content (AvgIpc) is 2.66. The van der Waals surface area contributed by atoms with Crippen LogP contribution in [0.25, 0.3) is 0 Å². The van der Waals surface area contributed by atoms with Crippen molar-refractivity contribution in [1.29, 1.82) is 0 Å². The lowest BCUT2D eigenvalue weighted by Crippen LogP contribution is -2.47. The predicted octanol–water partition coefficient (Wildman–Crippen LogP) is 4.60. The first-order valence-corrected chi connectivity index (χ1v) is 10.6. The van der Waals surface area contributed by atoms with Gasteiger partial charge in [-0.25, -0.2) is 0 Å². The molecule has 1 heterocycles. The Bertz CT molecular complexity index is 622. The van der Waals surface area contributed by atoms with Gasteiger partial charge in [0.15, 0.2) is 0 Å². The third-order valence-corrected chi connectivity index (χ3v) is 6.68. The van der Waals surface area contributed by atoms with E-state index in [9.17, 15) is 4.79 Å². The number of carbonyl (C=O) groups is 1. The number of carboxylic acids is 1. The summed E-state index contributed by atoms with van der Waals surface area (Å²) in [6.45, 7) is 11.7. The third-order valence-electron chi connectivity index (χ3n) is 6.68. The van der Waals surface area contributed by atoms with Gasteiger partial charge in [-0.1, -0.05) is 39.0 Å². The molecule has 1 aliphatic carbocycles. The van der Waals surface area contributed by atoms with E-state index < -0.39 is 5.97 Å². The number of hydrogen-bond acceptors (Lipinski definition) is 3. The highest BCUT2D eigenvalue weighted by atomic mass is 16.4. The molecule has 150 valence electrons. The molecular weight excluding hydrogens is 336 g/mol. The second-order valence-corrected chi connectivity index (χ2v) is 9.45. The van der Waals surface area contributed by atoms with Crippen LogP contribution in [0.3, 0.4) is 0 Å². The number of carboxylic acid groups (broad SMARTS) is 1. The van der Waals surface area contributed by atoms with Gasteiger partial charge in [-0.2, -0.15) is 0 Å². The normalized spacial score (nSPS) is 24.8. The fourth-order valence-corrected chi connectivity index (χ4v) is 4.86. The Morgan fingerprint density at radius 3 is 2.26 bits per heavy atom. The molecule has 0 spiro atoms. The van der Waals surface area contributed by atoms with Gasteiger partial charge in [0, 0.05) is 38.4 Å². The SMILES string of the molecule is CC(C)(C)C1CCC(c2ccccc2N2CCN(CCC(=O)O)CC2)CC1. The first-order valence-electron chi connectivity index (χ1n) is 10.6. The van der Waals surface area contributed by atoms with E-state index in [1.165, 1.54) is 36.9 Å². The standard InChI is InChI=1S/C23H36N2O2/c1-23(2,3)19-10-8-18(9-11-19)20-6-4-5-7-21(20)25-16-14-24(15-17-25)13-12-22(26)27/h4-7,18-19H,8-17H2,1-3H3,(H,26,27). The summed E-state index contributed by atoms with van der Waals surface area (Å²) in [5.41, 5.74) is 3.37. The average molecular weight is 373 g/mol. The number of piperazine rings is 1. The first kappa shape index (κ1) is 20.2. The number of benzene rings is 1. The summed E-state index contributed by atoms with van der Waals surface area (Å²) >= 11 is 0. The van der Waals surface area contributed by atoms with Crippen molar-refractivity contribution < 1.29 is 9.90 Å². The molecule has 0 radical (unpaired) electrons. The number of hydrogen-bond donors (Lipinski definition) is 1. The van der Waals surface area contributed by atoms with Crippen LogP contribution in [0.4, 0.5) is 5.69 Å². The van der Waals surface area contributed by atoms with Crippen LogP contribution in [0.5, 0.6) is 0 Å². The molecule has 1 aromatic rings. The van der Waals surface area contributed by atoms with E-state index in [4.69, 9.17) is 5.11 Å². The second-order valence-electron chi connectivity index (χ2n) is 9.45. The van der Waals surface area contributed by atoms with E-state index in [1.807, 2.05) is 0 Å². The van der Waals surface area contributed by atoms with E-state index in [1.54, 1.807) is 0 Å². The highest BCUT2D eigenvalue weighted by Crippen LogP contribution is 2.45. The van der Waals surface area contributed by atoms with Gasteiger partial charge in [-0.05, 0) is 54.6 Å². The van der Waals surface area contributed by atoms with E-state index in [0.717, 1.165) is 32.1 Å². The van der Waals surface area contributed by atoms with Gasteiger partial charge in [0.25, 0.3) is 0 Å². The summed E-state index contributed by atoms with van der Waals surface area (Å²) < 4.78 is 0. The number of rotatable bonds is 5. The zero-order valence-corrected chi connectivity index (χ0v) is 17.3. The summed E-state index contributed by atoms with van der Waals surface area (Å²) in [6, 6.07) is 8.99. The van der Waals surface area contributed by atoms with Crippen molar-refractivity contribution in [3.05, 3.63) is 29.8 Å². The van der Waals surface area contributed by atoms with Crippen LogP contribution in [0.15, 0.2) is 24.3 Å². The zero-order valence-electron chi connectivity index (χ0n) is 17.3. The molecule has 1 aliphatic heterocycles. The molecule has 1 saturated carbocycles. The lowest BCUT2D eigenvalue weighted by atomic mass is 9.68. The molecule has 4 nitrogen and oxygen atoms in total. The molecule has 1 saturated heterocycles. The quantitative estimate of drug-likeness (QED) is 0.820. The van der Waals surface area contributed by atoms with Crippen molar-refractivity contribution in [2.24, 2.45) is 11.3 Å². The fourth-order valence-electron chi connectivity index (χ4n) is 4.86. The smallest absolute Gasteiger partial charge is 0.304 e. The van der Waals surface area contributed by atoms with Crippen LogP contribution < -0.4 is 4.90 Å². The van der Waals surface area contributed by atoms with Gasteiger partial charge >= 0.3 is 5.97 Å². The van der Waals surface area contributed by atoms with Crippen LogP contribution in [0.1, 0.15) is 64.4 Å². The lowest BCUT2D eigenvalue weighted by Gasteiger charge is -2.40. The van der Waals surface area contributed by atoms with Crippen LogP contribution >= 0.6 is 0 Å². The van der Waals surface area contributed by atoms with Crippen molar-refractivity contribution in [3.63, 3.8) is 0 Å². The van der Waals surface area contributed by atoms with Gasteiger partial charge in [0.05, 0.1) is 6.42 Å². The van der Waals surface area contributed by atoms with Gasteiger partial charge in [-0.3, -0.25) is 9.69 Å². The Labute approximate surface area is 164 Å². The molecule has 0 aromatic heterocycles. The van der Waals surface area contributed by atoms with E-state index in [-0.39, 0.29) is 6.42 Å². The summed E-state index contributed by atoms with van der Waals surface area (Å²) in [5.74, 6) is 0.831. The number of nitrogens with zero attached hydrogens (tertiary/aromatic N) is 2. The van der Waals surface area contributed by atoms with Crippen molar-refractivity contribution in [2.45, 2.75) is 58.8 Å². The minimum atomic E-state index is -0.700. The maximum Gasteiger partial charge on any atom is 0.304 e. The topological polar surface area (TPSA) is 43.8 Å². The lowest BCUT2D eigenvalue weighted by molar-refractivity contribution is -0.137. The molecule has 27 heavy (non-hydrogen) atoms. The van der Waals surface area contributed by atoms with E-state index >= 15 is 0 Å².